The fourth-order valence-corrected chi connectivity index (χ4v) is 4.17. The molecule has 0 spiro atoms. The summed E-state index contributed by atoms with van der Waals surface area (Å²) < 4.78 is 0. The van der Waals surface area contributed by atoms with Crippen LogP contribution in [0.4, 0.5) is 5.82 Å². The fraction of sp³-hybridized carbons (Fsp3) is 0.471. The number of anilines is 1. The zero-order valence-corrected chi connectivity index (χ0v) is 13.8. The normalized spacial score (nSPS) is 19.4. The second kappa shape index (κ2) is 6.16. The van der Waals surface area contributed by atoms with E-state index in [1.54, 1.807) is 0 Å². The van der Waals surface area contributed by atoms with Gasteiger partial charge in [0, 0.05) is 29.2 Å². The van der Waals surface area contributed by atoms with Crippen molar-refractivity contribution in [1.82, 2.24) is 10.3 Å². The summed E-state index contributed by atoms with van der Waals surface area (Å²) in [5, 5.41) is 5.72. The number of nitrogens with zero attached hydrogens (tertiary/aromatic N) is 2. The van der Waals surface area contributed by atoms with Gasteiger partial charge in [0.25, 0.3) is 0 Å². The van der Waals surface area contributed by atoms with E-state index < -0.39 is 0 Å². The molecule has 1 aliphatic rings. The lowest BCUT2D eigenvalue weighted by molar-refractivity contribution is 0.577. The van der Waals surface area contributed by atoms with Gasteiger partial charge in [-0.3, -0.25) is 0 Å². The summed E-state index contributed by atoms with van der Waals surface area (Å²) in [6.45, 7) is 8.68. The third-order valence-corrected chi connectivity index (χ3v) is 5.34. The van der Waals surface area contributed by atoms with Gasteiger partial charge in [-0.05, 0) is 49.9 Å². The Balaban J connectivity index is 1.94. The van der Waals surface area contributed by atoms with Crippen LogP contribution in [0.5, 0.6) is 0 Å². The molecule has 2 aromatic rings. The second-order valence-corrected chi connectivity index (χ2v) is 6.61. The van der Waals surface area contributed by atoms with Gasteiger partial charge in [-0.1, -0.05) is 13.0 Å². The molecule has 1 aliphatic heterocycles. The first-order valence-corrected chi connectivity index (χ1v) is 8.61. The zero-order valence-electron chi connectivity index (χ0n) is 13.0. The SMILES string of the molecule is CCNC(C)c1cccnc1N1CCc2sccc2C1C. The van der Waals surface area contributed by atoms with Crippen LogP contribution in [0, 0.1) is 0 Å². The van der Waals surface area contributed by atoms with Gasteiger partial charge in [-0.15, -0.1) is 11.3 Å². The van der Waals surface area contributed by atoms with Crippen LogP contribution in [0.1, 0.15) is 48.9 Å². The number of pyridine rings is 1. The maximum atomic E-state index is 4.70. The van der Waals surface area contributed by atoms with Crippen molar-refractivity contribution in [1.29, 1.82) is 0 Å². The predicted octanol–water partition coefficient (Wildman–Crippen LogP) is 3.94. The molecule has 2 atom stereocenters. The molecule has 0 bridgehead atoms. The molecule has 3 heterocycles. The molecule has 3 nitrogen and oxygen atoms in total. The molecule has 0 aliphatic carbocycles. The monoisotopic (exact) mass is 301 g/mol. The highest BCUT2D eigenvalue weighted by molar-refractivity contribution is 7.10. The Morgan fingerprint density at radius 3 is 3.14 bits per heavy atom. The van der Waals surface area contributed by atoms with Gasteiger partial charge >= 0.3 is 0 Å². The average molecular weight is 301 g/mol. The maximum absolute atomic E-state index is 4.70. The number of fused-ring (bicyclic) bond motifs is 1. The molecular formula is C17H23N3S. The highest BCUT2D eigenvalue weighted by Crippen LogP contribution is 2.37. The summed E-state index contributed by atoms with van der Waals surface area (Å²) in [6.07, 6.45) is 3.04. The minimum Gasteiger partial charge on any atom is -0.349 e. The molecule has 0 aromatic carbocycles. The van der Waals surface area contributed by atoms with E-state index in [2.05, 4.69) is 48.5 Å². The van der Waals surface area contributed by atoms with Gasteiger partial charge < -0.3 is 10.2 Å². The maximum Gasteiger partial charge on any atom is 0.133 e. The van der Waals surface area contributed by atoms with Crippen LogP contribution in [-0.2, 0) is 6.42 Å². The van der Waals surface area contributed by atoms with Crippen LogP contribution in [0.25, 0.3) is 0 Å². The van der Waals surface area contributed by atoms with Crippen LogP contribution in [-0.4, -0.2) is 18.1 Å². The Kier molecular flexibility index (Phi) is 4.27. The molecule has 0 amide bonds. The van der Waals surface area contributed by atoms with Crippen LogP contribution >= 0.6 is 11.3 Å². The third kappa shape index (κ3) is 2.70. The lowest BCUT2D eigenvalue weighted by atomic mass is 10.00. The van der Waals surface area contributed by atoms with E-state index in [0.717, 1.165) is 25.3 Å². The molecule has 21 heavy (non-hydrogen) atoms. The summed E-state index contributed by atoms with van der Waals surface area (Å²) in [7, 11) is 0. The number of hydrogen-bond acceptors (Lipinski definition) is 4. The van der Waals surface area contributed by atoms with Crippen molar-refractivity contribution >= 4 is 17.2 Å². The van der Waals surface area contributed by atoms with Gasteiger partial charge in [-0.2, -0.15) is 0 Å². The van der Waals surface area contributed by atoms with E-state index >= 15 is 0 Å². The standard InChI is InChI=1S/C17H23N3S/c1-4-18-12(2)14-6-5-9-19-17(14)20-10-7-16-15(13(20)3)8-11-21-16/h5-6,8-9,11-13,18H,4,7,10H2,1-3H3. The Labute approximate surface area is 131 Å². The Bertz CT molecular complexity index is 608. The van der Waals surface area contributed by atoms with E-state index in [1.807, 2.05) is 23.6 Å². The lowest BCUT2D eigenvalue weighted by Gasteiger charge is -2.36. The van der Waals surface area contributed by atoms with Gasteiger partial charge in [0.15, 0.2) is 0 Å². The minimum absolute atomic E-state index is 0.328. The largest absolute Gasteiger partial charge is 0.349 e. The molecule has 2 unspecified atom stereocenters. The third-order valence-electron chi connectivity index (χ3n) is 4.34. The van der Waals surface area contributed by atoms with Crippen LogP contribution < -0.4 is 10.2 Å². The van der Waals surface area contributed by atoms with Crippen LogP contribution in [0.15, 0.2) is 29.8 Å². The van der Waals surface area contributed by atoms with E-state index in [4.69, 9.17) is 4.98 Å². The number of thiophene rings is 1. The molecule has 0 saturated heterocycles. The Morgan fingerprint density at radius 1 is 1.48 bits per heavy atom. The smallest absolute Gasteiger partial charge is 0.133 e. The molecule has 0 fully saturated rings. The van der Waals surface area contributed by atoms with Crippen molar-refractivity contribution in [2.75, 3.05) is 18.0 Å². The highest BCUT2D eigenvalue weighted by Gasteiger charge is 2.27. The van der Waals surface area contributed by atoms with Gasteiger partial charge in [0.1, 0.15) is 5.82 Å². The van der Waals surface area contributed by atoms with E-state index in [9.17, 15) is 0 Å². The topological polar surface area (TPSA) is 28.2 Å². The predicted molar refractivity (Wildman–Crippen MR) is 90.1 cm³/mol. The molecule has 1 N–H and O–H groups in total. The molecule has 0 saturated carbocycles. The van der Waals surface area contributed by atoms with Crippen LogP contribution in [0.2, 0.25) is 0 Å². The van der Waals surface area contributed by atoms with E-state index in [1.165, 1.54) is 16.0 Å². The zero-order chi connectivity index (χ0) is 14.8. The van der Waals surface area contributed by atoms with Crippen molar-refractivity contribution in [3.63, 3.8) is 0 Å². The first kappa shape index (κ1) is 14.5. The summed E-state index contributed by atoms with van der Waals surface area (Å²) in [5.41, 5.74) is 2.77. The number of hydrogen-bond donors (Lipinski definition) is 1. The van der Waals surface area contributed by atoms with Gasteiger partial charge in [0.2, 0.25) is 0 Å². The first-order chi connectivity index (χ1) is 10.2. The summed E-state index contributed by atoms with van der Waals surface area (Å²) in [4.78, 5) is 8.70. The summed E-state index contributed by atoms with van der Waals surface area (Å²) in [6, 6.07) is 7.24. The van der Waals surface area contributed by atoms with Crippen molar-refractivity contribution < 1.29 is 0 Å². The first-order valence-electron chi connectivity index (χ1n) is 7.73. The molecule has 3 rings (SSSR count). The molecule has 112 valence electrons. The minimum atomic E-state index is 0.328. The number of nitrogens with one attached hydrogen (secondary N) is 1. The summed E-state index contributed by atoms with van der Waals surface area (Å²) in [5.74, 6) is 1.13. The van der Waals surface area contributed by atoms with Crippen LogP contribution in [0.3, 0.4) is 0 Å². The average Bonchev–Trinajstić information content (AvgIpc) is 2.97. The molecular weight excluding hydrogens is 278 g/mol. The van der Waals surface area contributed by atoms with Gasteiger partial charge in [0.05, 0.1) is 6.04 Å². The van der Waals surface area contributed by atoms with Crippen molar-refractivity contribution in [3.05, 3.63) is 45.8 Å². The number of aromatic nitrogens is 1. The van der Waals surface area contributed by atoms with Crippen molar-refractivity contribution in [2.45, 2.75) is 39.3 Å². The molecule has 2 aromatic heterocycles. The van der Waals surface area contributed by atoms with E-state index in [-0.39, 0.29) is 0 Å². The quantitative estimate of drug-likeness (QED) is 0.927. The molecule has 0 radical (unpaired) electrons. The molecule has 4 heteroatoms. The number of rotatable bonds is 4. The lowest BCUT2D eigenvalue weighted by Crippen LogP contribution is -2.35. The Morgan fingerprint density at radius 2 is 2.33 bits per heavy atom. The van der Waals surface area contributed by atoms with E-state index in [0.29, 0.717) is 12.1 Å². The Hall–Kier alpha value is -1.39. The fourth-order valence-electron chi connectivity index (χ4n) is 3.20. The second-order valence-electron chi connectivity index (χ2n) is 5.61. The van der Waals surface area contributed by atoms with Gasteiger partial charge in [-0.25, -0.2) is 4.98 Å². The summed E-state index contributed by atoms with van der Waals surface area (Å²) >= 11 is 1.89. The highest BCUT2D eigenvalue weighted by atomic mass is 32.1. The van der Waals surface area contributed by atoms with Crippen molar-refractivity contribution in [2.24, 2.45) is 0 Å². The van der Waals surface area contributed by atoms with Crippen molar-refractivity contribution in [3.8, 4) is 0 Å².